The molecule has 0 spiro atoms. The summed E-state index contributed by atoms with van der Waals surface area (Å²) in [5, 5.41) is 41.7. The smallest absolute Gasteiger partial charge is 0.369 e. The van der Waals surface area contributed by atoms with E-state index in [0.717, 1.165) is 5.56 Å². The van der Waals surface area contributed by atoms with Gasteiger partial charge in [-0.25, -0.2) is 18.7 Å². The zero-order chi connectivity index (χ0) is 36.5. The largest absolute Gasteiger partial charge is 0.480 e. The third-order valence-corrected chi connectivity index (χ3v) is 8.06. The molecule has 0 aromatic heterocycles. The van der Waals surface area contributed by atoms with Gasteiger partial charge in [0.1, 0.15) is 23.5 Å². The number of nitrogens with one attached hydrogen (secondary N) is 1. The van der Waals surface area contributed by atoms with Gasteiger partial charge in [0.05, 0.1) is 13.1 Å². The van der Waals surface area contributed by atoms with E-state index in [-0.39, 0.29) is 65.4 Å². The minimum atomic E-state index is -1.18. The highest BCUT2D eigenvalue weighted by molar-refractivity contribution is 5.70. The number of carboxylic acid groups (broad SMARTS) is 4. The molecule has 2 unspecified atom stereocenters. The number of benzene rings is 1. The summed E-state index contributed by atoms with van der Waals surface area (Å²) >= 11 is 0. The van der Waals surface area contributed by atoms with E-state index < -0.39 is 48.0 Å². The zero-order valence-corrected chi connectivity index (χ0v) is 28.7. The summed E-state index contributed by atoms with van der Waals surface area (Å²) in [4.78, 5) is 49.9. The Balaban J connectivity index is 3.37. The van der Waals surface area contributed by atoms with Crippen LogP contribution in [0, 0.1) is 0 Å². The number of carboxylic acids is 4. The van der Waals surface area contributed by atoms with Crippen LogP contribution in [0.1, 0.15) is 44.7 Å². The van der Waals surface area contributed by atoms with E-state index in [1.165, 1.54) is 10.1 Å². The van der Waals surface area contributed by atoms with Crippen LogP contribution in [0.15, 0.2) is 24.3 Å². The molecule has 0 radical (unpaired) electrons. The highest BCUT2D eigenvalue weighted by Crippen LogP contribution is 2.16. The first kappa shape index (κ1) is 42.2. The molecule has 0 aliphatic carbocycles. The molecular weight excluding hydrogens is 624 g/mol. The molecule has 2 atom stereocenters. The topological polar surface area (TPSA) is 252 Å². The van der Waals surface area contributed by atoms with Crippen molar-refractivity contribution >= 4 is 36.3 Å². The summed E-state index contributed by atoms with van der Waals surface area (Å²) in [5.74, 6) is -3.99. The third kappa shape index (κ3) is 15.9. The number of hydrogen-bond donors (Lipinski definition) is 8. The van der Waals surface area contributed by atoms with Crippen molar-refractivity contribution in [1.82, 2.24) is 15.1 Å². The van der Waals surface area contributed by atoms with Crippen molar-refractivity contribution in [3.8, 4) is 0 Å². The second-order valence-corrected chi connectivity index (χ2v) is 12.6. The first-order valence-corrected chi connectivity index (χ1v) is 15.9. The summed E-state index contributed by atoms with van der Waals surface area (Å²) in [7, 11) is 0. The van der Waals surface area contributed by atoms with Crippen LogP contribution in [0.2, 0.25) is 0 Å². The van der Waals surface area contributed by atoms with E-state index in [1.54, 1.807) is 40.7 Å². The van der Waals surface area contributed by atoms with Crippen molar-refractivity contribution in [2.75, 3.05) is 78.5 Å². The van der Waals surface area contributed by atoms with Crippen LogP contribution < -0.4 is 22.5 Å². The molecule has 0 fully saturated rings. The molecule has 0 saturated carbocycles. The molecule has 0 aliphatic heterocycles. The molecule has 11 N–H and O–H groups in total. The van der Waals surface area contributed by atoms with Crippen LogP contribution in [0.5, 0.6) is 0 Å². The Morgan fingerprint density at radius 3 is 1.67 bits per heavy atom. The van der Waals surface area contributed by atoms with Gasteiger partial charge in [-0.3, -0.25) is 24.7 Å². The van der Waals surface area contributed by atoms with E-state index >= 15 is 0 Å². The minimum Gasteiger partial charge on any atom is -0.480 e. The second kappa shape index (κ2) is 20.5. The standard InChI is InChI=1S/C32H54N8O8/c1-5-37(14-27(41)42)20-31(35,18-33)21-39(16-29(45)46)11-12-40(17-30(47)48)23-32(19-34,22-38(6-2)15-28(43)44)36-13-25-7-9-26(10-8-25)24(3)4/h5-10,24,36H,11-23,33-35H2,1-4H3,(H2-2,41,42,43,44,45,46,47,48)/p+2/b37-5+,38-6+. The van der Waals surface area contributed by atoms with Gasteiger partial charge >= 0.3 is 23.9 Å². The second-order valence-electron chi connectivity index (χ2n) is 12.6. The minimum absolute atomic E-state index is 0.00942. The van der Waals surface area contributed by atoms with Crippen molar-refractivity contribution in [2.45, 2.75) is 51.2 Å². The summed E-state index contributed by atoms with van der Waals surface area (Å²) < 4.78 is 3.08. The highest BCUT2D eigenvalue weighted by atomic mass is 16.4. The quantitative estimate of drug-likeness (QED) is 0.0428. The maximum atomic E-state index is 12.0. The van der Waals surface area contributed by atoms with Gasteiger partial charge in [0.15, 0.2) is 13.1 Å². The van der Waals surface area contributed by atoms with Crippen LogP contribution >= 0.6 is 0 Å². The van der Waals surface area contributed by atoms with Crippen molar-refractivity contribution in [2.24, 2.45) is 17.2 Å². The fourth-order valence-electron chi connectivity index (χ4n) is 5.44. The first-order valence-electron chi connectivity index (χ1n) is 15.9. The van der Waals surface area contributed by atoms with Crippen molar-refractivity contribution in [1.29, 1.82) is 0 Å². The van der Waals surface area contributed by atoms with Crippen LogP contribution in [0.25, 0.3) is 0 Å². The van der Waals surface area contributed by atoms with Crippen LogP contribution in [-0.4, -0.2) is 165 Å². The average molecular weight is 681 g/mol. The van der Waals surface area contributed by atoms with Crippen LogP contribution in [0.3, 0.4) is 0 Å². The molecular formula is C32H56N8O8+2. The van der Waals surface area contributed by atoms with Crippen LogP contribution in [-0.2, 0) is 25.7 Å². The molecule has 270 valence electrons. The van der Waals surface area contributed by atoms with E-state index in [2.05, 4.69) is 19.2 Å². The number of carbonyl (C=O) groups is 4. The Morgan fingerprint density at radius 2 is 1.27 bits per heavy atom. The molecule has 1 aromatic rings. The maximum Gasteiger partial charge on any atom is 0.369 e. The van der Waals surface area contributed by atoms with Crippen molar-refractivity contribution in [3.63, 3.8) is 0 Å². The van der Waals surface area contributed by atoms with Crippen molar-refractivity contribution in [3.05, 3.63) is 35.4 Å². The Kier molecular flexibility index (Phi) is 18.1. The predicted octanol–water partition coefficient (Wildman–Crippen LogP) is -1.60. The number of rotatable bonds is 25. The Hall–Kier alpha value is -3.80. The summed E-state index contributed by atoms with van der Waals surface area (Å²) in [6.07, 6.45) is 3.21. The van der Waals surface area contributed by atoms with Gasteiger partial charge in [0.25, 0.3) is 0 Å². The molecule has 0 aliphatic rings. The fourth-order valence-corrected chi connectivity index (χ4v) is 5.44. The van der Waals surface area contributed by atoms with Gasteiger partial charge in [-0.1, -0.05) is 38.1 Å². The number of hydrogen-bond acceptors (Lipinski definition) is 10. The molecule has 0 amide bonds. The summed E-state index contributed by atoms with van der Waals surface area (Å²) in [6, 6.07) is 8.06. The van der Waals surface area contributed by atoms with E-state index in [0.29, 0.717) is 12.5 Å². The van der Waals surface area contributed by atoms with Gasteiger partial charge in [-0.05, 0) is 17.0 Å². The number of aliphatic carboxylic acids is 4. The molecule has 1 rings (SSSR count). The molecule has 0 bridgehead atoms. The van der Waals surface area contributed by atoms with E-state index in [4.69, 9.17) is 17.2 Å². The monoisotopic (exact) mass is 680 g/mol. The molecule has 16 nitrogen and oxygen atoms in total. The lowest BCUT2D eigenvalue weighted by molar-refractivity contribution is -0.524. The van der Waals surface area contributed by atoms with Crippen molar-refractivity contribution < 1.29 is 48.8 Å². The lowest BCUT2D eigenvalue weighted by Gasteiger charge is -2.38. The Morgan fingerprint density at radius 1 is 0.792 bits per heavy atom. The summed E-state index contributed by atoms with van der Waals surface area (Å²) in [5.41, 5.74) is 18.9. The molecule has 16 heteroatoms. The third-order valence-electron chi connectivity index (χ3n) is 8.06. The molecule has 0 heterocycles. The van der Waals surface area contributed by atoms with Gasteiger partial charge in [-0.15, -0.1) is 0 Å². The average Bonchev–Trinajstić information content (AvgIpc) is 3.00. The van der Waals surface area contributed by atoms with Gasteiger partial charge in [-0.2, -0.15) is 0 Å². The first-order chi connectivity index (χ1) is 22.5. The van der Waals surface area contributed by atoms with E-state index in [1.807, 2.05) is 24.3 Å². The Bertz CT molecular complexity index is 1270. The molecule has 0 saturated heterocycles. The lowest BCUT2D eigenvalue weighted by Crippen LogP contribution is -2.64. The zero-order valence-electron chi connectivity index (χ0n) is 28.7. The predicted molar refractivity (Wildman–Crippen MR) is 182 cm³/mol. The van der Waals surface area contributed by atoms with Crippen LogP contribution in [0.4, 0.5) is 0 Å². The SMILES string of the molecule is C/C=[N+](\CC(=O)O)CC(N)(CN)CN(CCN(CC(=O)O)CC(CN)(C/[N+](=C/C)CC(=O)O)NCc1ccc(C(C)C)cc1)CC(=O)O. The Labute approximate surface area is 282 Å². The normalized spacial score (nSPS) is 15.0. The lowest BCUT2D eigenvalue weighted by atomic mass is 9.96. The van der Waals surface area contributed by atoms with Gasteiger partial charge in [0.2, 0.25) is 13.1 Å². The molecule has 48 heavy (non-hydrogen) atoms. The molecule has 1 aromatic carbocycles. The summed E-state index contributed by atoms with van der Waals surface area (Å²) in [6.45, 7) is 6.93. The number of nitrogens with zero attached hydrogens (tertiary/aromatic N) is 4. The van der Waals surface area contributed by atoms with E-state index in [9.17, 15) is 39.6 Å². The van der Waals surface area contributed by atoms with Gasteiger partial charge < -0.3 is 37.6 Å². The van der Waals surface area contributed by atoms with Gasteiger partial charge in [0, 0.05) is 59.7 Å². The fraction of sp³-hybridized carbons (Fsp3) is 0.625. The maximum absolute atomic E-state index is 12.0. The highest BCUT2D eigenvalue weighted by Gasteiger charge is 2.38. The number of nitrogens with two attached hydrogens (primary N) is 3.